The number of carboxylic acids is 2. The Bertz CT molecular complexity index is 590. The maximum atomic E-state index is 12.5. The van der Waals surface area contributed by atoms with E-state index in [1.165, 1.54) is 0 Å². The number of carbonyl (C=O) groups is 5. The van der Waals surface area contributed by atoms with Crippen LogP contribution < -0.4 is 27.4 Å². The number of thiol groups is 1. The highest BCUT2D eigenvalue weighted by Gasteiger charge is 2.29. The van der Waals surface area contributed by atoms with Crippen molar-refractivity contribution in [2.75, 3.05) is 18.8 Å². The molecule has 9 N–H and O–H groups in total. The molecule has 0 bridgehead atoms. The lowest BCUT2D eigenvalue weighted by Crippen LogP contribution is -2.56. The van der Waals surface area contributed by atoms with E-state index >= 15 is 0 Å². The summed E-state index contributed by atoms with van der Waals surface area (Å²) >= 11 is 3.87. The molecule has 3 amide bonds. The lowest BCUT2D eigenvalue weighted by molar-refractivity contribution is -0.141. The largest absolute Gasteiger partial charge is 0.481 e. The first-order valence-electron chi connectivity index (χ1n) is 9.01. The maximum Gasteiger partial charge on any atom is 0.327 e. The molecule has 29 heavy (non-hydrogen) atoms. The molecular weight excluding hydrogens is 406 g/mol. The van der Waals surface area contributed by atoms with Crippen molar-refractivity contribution in [3.05, 3.63) is 0 Å². The Kier molecular flexibility index (Phi) is 13.4. The molecule has 0 aliphatic carbocycles. The fourth-order valence-electron chi connectivity index (χ4n) is 2.28. The van der Waals surface area contributed by atoms with Crippen molar-refractivity contribution in [3.63, 3.8) is 0 Å². The van der Waals surface area contributed by atoms with Crippen LogP contribution in [0.1, 0.15) is 32.1 Å². The minimum Gasteiger partial charge on any atom is -0.481 e. The molecular formula is C16H29N5O7S. The smallest absolute Gasteiger partial charge is 0.327 e. The highest BCUT2D eigenvalue weighted by Crippen LogP contribution is 2.05. The predicted octanol–water partition coefficient (Wildman–Crippen LogP) is -2.59. The molecule has 0 spiro atoms. The fraction of sp³-hybridized carbons (Fsp3) is 0.688. The molecule has 0 aliphatic rings. The van der Waals surface area contributed by atoms with Crippen LogP contribution in [-0.4, -0.2) is 76.8 Å². The highest BCUT2D eigenvalue weighted by atomic mass is 32.1. The van der Waals surface area contributed by atoms with Gasteiger partial charge in [-0.15, -0.1) is 0 Å². The molecule has 0 aromatic carbocycles. The van der Waals surface area contributed by atoms with Crippen LogP contribution in [0.15, 0.2) is 0 Å². The number of amides is 3. The first kappa shape index (κ1) is 26.6. The molecule has 166 valence electrons. The summed E-state index contributed by atoms with van der Waals surface area (Å²) in [5, 5.41) is 24.9. The number of hydrogen-bond donors (Lipinski definition) is 8. The van der Waals surface area contributed by atoms with E-state index in [9.17, 15) is 24.0 Å². The van der Waals surface area contributed by atoms with Crippen LogP contribution in [0.2, 0.25) is 0 Å². The monoisotopic (exact) mass is 435 g/mol. The Morgan fingerprint density at radius 2 is 1.38 bits per heavy atom. The van der Waals surface area contributed by atoms with Gasteiger partial charge in [0.2, 0.25) is 17.7 Å². The van der Waals surface area contributed by atoms with Gasteiger partial charge in [0.25, 0.3) is 0 Å². The van der Waals surface area contributed by atoms with Crippen LogP contribution in [0.4, 0.5) is 0 Å². The summed E-state index contributed by atoms with van der Waals surface area (Å²) in [5.74, 6) is -4.79. The first-order chi connectivity index (χ1) is 13.7. The van der Waals surface area contributed by atoms with Crippen LogP contribution in [0, 0.1) is 0 Å². The van der Waals surface area contributed by atoms with Gasteiger partial charge in [-0.1, -0.05) is 0 Å². The maximum absolute atomic E-state index is 12.5. The van der Waals surface area contributed by atoms with Crippen molar-refractivity contribution in [3.8, 4) is 0 Å². The fourth-order valence-corrected chi connectivity index (χ4v) is 2.53. The Balaban J connectivity index is 5.27. The van der Waals surface area contributed by atoms with E-state index in [1.54, 1.807) is 0 Å². The van der Waals surface area contributed by atoms with Gasteiger partial charge in [0.05, 0.1) is 6.54 Å². The minimum atomic E-state index is -1.28. The molecule has 0 aromatic heterocycles. The molecule has 0 heterocycles. The zero-order valence-corrected chi connectivity index (χ0v) is 16.8. The predicted molar refractivity (Wildman–Crippen MR) is 106 cm³/mol. The summed E-state index contributed by atoms with van der Waals surface area (Å²) in [6.07, 6.45) is 0.611. The van der Waals surface area contributed by atoms with Crippen LogP contribution in [0.25, 0.3) is 0 Å². The topological polar surface area (TPSA) is 214 Å². The van der Waals surface area contributed by atoms with Crippen LogP contribution >= 0.6 is 12.6 Å². The molecule has 0 aromatic rings. The zero-order valence-electron chi connectivity index (χ0n) is 15.9. The number of rotatable bonds is 15. The van der Waals surface area contributed by atoms with Gasteiger partial charge in [0, 0.05) is 12.2 Å². The summed E-state index contributed by atoms with van der Waals surface area (Å²) in [7, 11) is 0. The number of aliphatic carboxylic acids is 2. The number of carboxylic acid groups (broad SMARTS) is 2. The minimum absolute atomic E-state index is 0.154. The summed E-state index contributed by atoms with van der Waals surface area (Å²) in [6.45, 7) is -0.0377. The summed E-state index contributed by atoms with van der Waals surface area (Å²) in [5.41, 5.74) is 10.6. The van der Waals surface area contributed by atoms with Crippen LogP contribution in [-0.2, 0) is 24.0 Å². The van der Waals surface area contributed by atoms with Gasteiger partial charge in [0.15, 0.2) is 0 Å². The van der Waals surface area contributed by atoms with E-state index in [-0.39, 0.29) is 18.6 Å². The quantitative estimate of drug-likeness (QED) is 0.0998. The lowest BCUT2D eigenvalue weighted by Gasteiger charge is -2.24. The van der Waals surface area contributed by atoms with Gasteiger partial charge in [-0.05, 0) is 32.2 Å². The Morgan fingerprint density at radius 1 is 0.828 bits per heavy atom. The molecule has 0 saturated heterocycles. The van der Waals surface area contributed by atoms with E-state index < -0.39 is 60.8 Å². The number of hydrogen-bond acceptors (Lipinski definition) is 8. The molecule has 3 unspecified atom stereocenters. The third-order valence-electron chi connectivity index (χ3n) is 3.86. The normalized spacial score (nSPS) is 13.6. The molecule has 0 rings (SSSR count). The van der Waals surface area contributed by atoms with Crippen molar-refractivity contribution in [2.24, 2.45) is 11.5 Å². The number of unbranched alkanes of at least 4 members (excludes halogenated alkanes) is 1. The van der Waals surface area contributed by atoms with Crippen molar-refractivity contribution < 1.29 is 34.2 Å². The molecule has 0 fully saturated rings. The average Bonchev–Trinajstić information content (AvgIpc) is 2.67. The second kappa shape index (κ2) is 14.6. The Morgan fingerprint density at radius 3 is 1.83 bits per heavy atom. The second-order valence-corrected chi connectivity index (χ2v) is 6.55. The molecule has 0 radical (unpaired) electrons. The van der Waals surface area contributed by atoms with E-state index in [4.69, 9.17) is 21.7 Å². The second-order valence-electron chi connectivity index (χ2n) is 6.18. The van der Waals surface area contributed by atoms with E-state index in [0.717, 1.165) is 0 Å². The first-order valence-corrected chi connectivity index (χ1v) is 9.65. The Hall–Kier alpha value is -2.38. The van der Waals surface area contributed by atoms with Gasteiger partial charge in [-0.2, -0.15) is 12.6 Å². The highest BCUT2D eigenvalue weighted by molar-refractivity contribution is 7.80. The third-order valence-corrected chi connectivity index (χ3v) is 4.23. The zero-order chi connectivity index (χ0) is 22.4. The lowest BCUT2D eigenvalue weighted by atomic mass is 10.1. The van der Waals surface area contributed by atoms with Gasteiger partial charge >= 0.3 is 11.9 Å². The summed E-state index contributed by atoms with van der Waals surface area (Å²) in [4.78, 5) is 58.4. The SMILES string of the molecule is NCCCCC(NC(=O)C(CCC(=O)O)NC(=O)CN)C(=O)NC(CS)C(=O)O. The van der Waals surface area contributed by atoms with Crippen molar-refractivity contribution in [2.45, 2.75) is 50.2 Å². The molecule has 3 atom stereocenters. The summed E-state index contributed by atoms with van der Waals surface area (Å²) in [6, 6.07) is -3.57. The van der Waals surface area contributed by atoms with Crippen molar-refractivity contribution in [1.29, 1.82) is 0 Å². The third kappa shape index (κ3) is 11.3. The van der Waals surface area contributed by atoms with Gasteiger partial charge in [-0.25, -0.2) is 4.79 Å². The van der Waals surface area contributed by atoms with Gasteiger partial charge < -0.3 is 37.6 Å². The van der Waals surface area contributed by atoms with E-state index in [2.05, 4.69) is 28.6 Å². The molecule has 12 nitrogen and oxygen atoms in total. The number of nitrogens with two attached hydrogens (primary N) is 2. The van der Waals surface area contributed by atoms with Crippen molar-refractivity contribution >= 4 is 42.3 Å². The van der Waals surface area contributed by atoms with Gasteiger partial charge in [0.1, 0.15) is 18.1 Å². The standard InChI is InChI=1S/C16H29N5O7S/c17-6-2-1-3-9(14(25)21-11(8-29)16(27)28)20-15(26)10(4-5-13(23)24)19-12(22)7-18/h9-11,29H,1-8,17-18H2,(H,19,22)(H,20,26)(H,21,25)(H,23,24)(H,27,28). The molecule has 0 saturated carbocycles. The Labute approximate surface area is 173 Å². The van der Waals surface area contributed by atoms with Crippen LogP contribution in [0.5, 0.6) is 0 Å². The van der Waals surface area contributed by atoms with Crippen LogP contribution in [0.3, 0.4) is 0 Å². The van der Waals surface area contributed by atoms with Crippen molar-refractivity contribution in [1.82, 2.24) is 16.0 Å². The summed E-state index contributed by atoms with van der Waals surface area (Å²) < 4.78 is 0. The van der Waals surface area contributed by atoms with Gasteiger partial charge in [-0.3, -0.25) is 19.2 Å². The number of carbonyl (C=O) groups excluding carboxylic acids is 3. The number of nitrogens with one attached hydrogen (secondary N) is 3. The molecule has 13 heteroatoms. The van der Waals surface area contributed by atoms with E-state index in [1.807, 2.05) is 0 Å². The van der Waals surface area contributed by atoms with E-state index in [0.29, 0.717) is 19.4 Å². The average molecular weight is 436 g/mol. The molecule has 0 aliphatic heterocycles.